The van der Waals surface area contributed by atoms with Crippen LogP contribution in [0.2, 0.25) is 0 Å². The molecule has 0 amide bonds. The lowest BCUT2D eigenvalue weighted by Gasteiger charge is -2.36. The molecule has 0 heterocycles. The number of hydrogen-bond acceptors (Lipinski definition) is 3. The lowest BCUT2D eigenvalue weighted by molar-refractivity contribution is -0.145. The molecule has 0 saturated heterocycles. The first-order valence-corrected chi connectivity index (χ1v) is 9.91. The Balaban J connectivity index is 1.74. The van der Waals surface area contributed by atoms with Crippen LogP contribution in [0.25, 0.3) is 0 Å². The van der Waals surface area contributed by atoms with Gasteiger partial charge in [-0.1, -0.05) is 24.3 Å². The lowest BCUT2D eigenvalue weighted by Crippen LogP contribution is -2.29. The van der Waals surface area contributed by atoms with Gasteiger partial charge >= 0.3 is 5.97 Å². The van der Waals surface area contributed by atoms with Gasteiger partial charge in [-0.25, -0.2) is 0 Å². The zero-order valence-corrected chi connectivity index (χ0v) is 16.1. The summed E-state index contributed by atoms with van der Waals surface area (Å²) in [6, 6.07) is 0. The molecule has 0 radical (unpaired) electrons. The standard InChI is InChI=1S/C21H32O2S/c1-4-15(2)5-6-16(3)23-21(22)19-9-7-17(8-10-19)18-11-13-20(24)14-12-18/h4-6,17-20,24H,3,7-14H2,1-2H3/b6-5-,15-4-. The van der Waals surface area contributed by atoms with Gasteiger partial charge in [-0.15, -0.1) is 0 Å². The molecule has 0 unspecified atom stereocenters. The summed E-state index contributed by atoms with van der Waals surface area (Å²) >= 11 is 4.60. The second kappa shape index (κ2) is 9.50. The first-order chi connectivity index (χ1) is 11.5. The van der Waals surface area contributed by atoms with Crippen LogP contribution < -0.4 is 0 Å². The van der Waals surface area contributed by atoms with E-state index in [1.807, 2.05) is 26.0 Å². The quantitative estimate of drug-likeness (QED) is 0.291. The first-order valence-electron chi connectivity index (χ1n) is 9.39. The van der Waals surface area contributed by atoms with E-state index in [-0.39, 0.29) is 11.9 Å². The number of rotatable bonds is 5. The predicted octanol–water partition coefficient (Wildman–Crippen LogP) is 5.86. The van der Waals surface area contributed by atoms with Crippen LogP contribution in [0.3, 0.4) is 0 Å². The molecule has 2 fully saturated rings. The fraction of sp³-hybridized carbons (Fsp3) is 0.667. The third-order valence-electron chi connectivity index (χ3n) is 5.73. The number of thiol groups is 1. The van der Waals surface area contributed by atoms with E-state index in [2.05, 4.69) is 19.2 Å². The minimum absolute atomic E-state index is 0.0513. The molecule has 2 aliphatic rings. The smallest absolute Gasteiger partial charge is 0.314 e. The van der Waals surface area contributed by atoms with Gasteiger partial charge in [0.2, 0.25) is 0 Å². The molecule has 0 N–H and O–H groups in total. The van der Waals surface area contributed by atoms with Gasteiger partial charge < -0.3 is 4.74 Å². The molecule has 2 nitrogen and oxygen atoms in total. The maximum Gasteiger partial charge on any atom is 0.314 e. The van der Waals surface area contributed by atoms with Crippen molar-refractivity contribution in [1.82, 2.24) is 0 Å². The van der Waals surface area contributed by atoms with Gasteiger partial charge in [0.25, 0.3) is 0 Å². The minimum atomic E-state index is -0.0969. The number of ether oxygens (including phenoxy) is 1. The van der Waals surface area contributed by atoms with E-state index < -0.39 is 0 Å². The van der Waals surface area contributed by atoms with E-state index in [1.54, 1.807) is 6.08 Å². The monoisotopic (exact) mass is 348 g/mol. The Hall–Kier alpha value is -0.960. The zero-order valence-electron chi connectivity index (χ0n) is 15.2. The highest BCUT2D eigenvalue weighted by atomic mass is 32.1. The molecule has 2 rings (SSSR count). The van der Waals surface area contributed by atoms with E-state index in [9.17, 15) is 4.79 Å². The minimum Gasteiger partial charge on any atom is -0.427 e. The molecular weight excluding hydrogens is 316 g/mol. The molecule has 2 aliphatic carbocycles. The van der Waals surface area contributed by atoms with Gasteiger partial charge in [-0.05, 0) is 83.1 Å². The van der Waals surface area contributed by atoms with Gasteiger partial charge in [0.15, 0.2) is 0 Å². The number of allylic oxidation sites excluding steroid dienone is 4. The van der Waals surface area contributed by atoms with Crippen molar-refractivity contribution in [3.8, 4) is 0 Å². The second-order valence-corrected chi connectivity index (χ2v) is 8.16. The largest absolute Gasteiger partial charge is 0.427 e. The summed E-state index contributed by atoms with van der Waals surface area (Å²) in [6.07, 6.45) is 15.1. The second-order valence-electron chi connectivity index (χ2n) is 7.43. The molecule has 0 bridgehead atoms. The van der Waals surface area contributed by atoms with Crippen molar-refractivity contribution < 1.29 is 9.53 Å². The Labute approximate surface area is 152 Å². The highest BCUT2D eigenvalue weighted by molar-refractivity contribution is 7.80. The topological polar surface area (TPSA) is 26.3 Å². The van der Waals surface area contributed by atoms with Crippen LogP contribution in [0, 0.1) is 17.8 Å². The molecular formula is C21H32O2S. The third-order valence-corrected chi connectivity index (χ3v) is 6.25. The third kappa shape index (κ3) is 5.84. The molecule has 0 atom stereocenters. The van der Waals surface area contributed by atoms with Gasteiger partial charge in [0, 0.05) is 5.25 Å². The number of hydrogen-bond donors (Lipinski definition) is 1. The molecule has 0 spiro atoms. The fourth-order valence-electron chi connectivity index (χ4n) is 3.97. The Kier molecular flexibility index (Phi) is 7.67. The van der Waals surface area contributed by atoms with E-state index in [0.29, 0.717) is 11.0 Å². The van der Waals surface area contributed by atoms with Crippen molar-refractivity contribution in [1.29, 1.82) is 0 Å². The Morgan fingerprint density at radius 1 is 1.00 bits per heavy atom. The van der Waals surface area contributed by atoms with Crippen LogP contribution in [0.1, 0.15) is 65.2 Å². The van der Waals surface area contributed by atoms with Crippen LogP contribution in [-0.2, 0) is 9.53 Å². The molecule has 0 aliphatic heterocycles. The Morgan fingerprint density at radius 2 is 1.54 bits per heavy atom. The molecule has 0 aromatic carbocycles. The average Bonchev–Trinajstić information content (AvgIpc) is 2.60. The van der Waals surface area contributed by atoms with Crippen LogP contribution in [0.4, 0.5) is 0 Å². The van der Waals surface area contributed by atoms with Crippen molar-refractivity contribution in [2.45, 2.75) is 70.5 Å². The molecule has 2 saturated carbocycles. The van der Waals surface area contributed by atoms with Gasteiger partial charge in [0.05, 0.1) is 5.92 Å². The summed E-state index contributed by atoms with van der Waals surface area (Å²) in [5.74, 6) is 2.05. The maximum atomic E-state index is 12.3. The fourth-order valence-corrected chi connectivity index (χ4v) is 4.26. The Bertz CT molecular complexity index is 490. The summed E-state index contributed by atoms with van der Waals surface area (Å²) in [6.45, 7) is 7.82. The summed E-state index contributed by atoms with van der Waals surface area (Å²) in [5, 5.41) is 0.609. The van der Waals surface area contributed by atoms with E-state index >= 15 is 0 Å². The van der Waals surface area contributed by atoms with Gasteiger partial charge in [-0.3, -0.25) is 4.79 Å². The van der Waals surface area contributed by atoms with Gasteiger partial charge in [0.1, 0.15) is 5.76 Å². The molecule has 3 heteroatoms. The molecule has 0 aromatic rings. The highest BCUT2D eigenvalue weighted by Crippen LogP contribution is 2.41. The van der Waals surface area contributed by atoms with Crippen LogP contribution in [0.5, 0.6) is 0 Å². The number of carbonyl (C=O) groups excluding carboxylic acids is 1. The van der Waals surface area contributed by atoms with Crippen molar-refractivity contribution in [3.63, 3.8) is 0 Å². The molecule has 134 valence electrons. The van der Waals surface area contributed by atoms with E-state index in [4.69, 9.17) is 4.74 Å². The highest BCUT2D eigenvalue weighted by Gasteiger charge is 2.33. The normalized spacial score (nSPS) is 31.9. The van der Waals surface area contributed by atoms with E-state index in [1.165, 1.54) is 38.5 Å². The lowest BCUT2D eigenvalue weighted by atomic mass is 9.71. The SMILES string of the molecule is C=C(/C=C\C(C)=C/C)OC(=O)C1CCC(C2CCC(S)CC2)CC1. The predicted molar refractivity (Wildman–Crippen MR) is 104 cm³/mol. The van der Waals surface area contributed by atoms with Crippen molar-refractivity contribution >= 4 is 18.6 Å². The maximum absolute atomic E-state index is 12.3. The number of esters is 1. The van der Waals surface area contributed by atoms with Crippen LogP contribution >= 0.6 is 12.6 Å². The summed E-state index contributed by atoms with van der Waals surface area (Å²) < 4.78 is 5.42. The summed E-state index contributed by atoms with van der Waals surface area (Å²) in [4.78, 5) is 12.3. The van der Waals surface area contributed by atoms with Crippen molar-refractivity contribution in [2.75, 3.05) is 0 Å². The summed E-state index contributed by atoms with van der Waals surface area (Å²) in [5.41, 5.74) is 1.13. The van der Waals surface area contributed by atoms with Crippen LogP contribution in [-0.4, -0.2) is 11.2 Å². The van der Waals surface area contributed by atoms with Crippen LogP contribution in [0.15, 0.2) is 36.1 Å². The van der Waals surface area contributed by atoms with Crippen molar-refractivity contribution in [2.24, 2.45) is 17.8 Å². The summed E-state index contributed by atoms with van der Waals surface area (Å²) in [7, 11) is 0. The first kappa shape index (κ1) is 19.4. The molecule has 0 aromatic heterocycles. The van der Waals surface area contributed by atoms with E-state index in [0.717, 1.165) is 30.3 Å². The Morgan fingerprint density at radius 3 is 2.08 bits per heavy atom. The average molecular weight is 349 g/mol. The molecule has 24 heavy (non-hydrogen) atoms. The van der Waals surface area contributed by atoms with Crippen molar-refractivity contribution in [3.05, 3.63) is 36.1 Å². The zero-order chi connectivity index (χ0) is 17.5. The van der Waals surface area contributed by atoms with Gasteiger partial charge in [-0.2, -0.15) is 12.6 Å². The number of carbonyl (C=O) groups is 1.